The maximum absolute atomic E-state index is 12.2. The van der Waals surface area contributed by atoms with E-state index in [1.807, 2.05) is 0 Å². The summed E-state index contributed by atoms with van der Waals surface area (Å²) in [6.07, 6.45) is 5.08. The molecule has 0 aliphatic carbocycles. The number of nitrogens with one attached hydrogen (secondary N) is 1. The SMILES string of the molecule is CN(C(=O)C1CCCCCN1)C(C)(C)C=O. The fraction of sp³-hybridized carbons (Fsp3) is 0.833. The molecule has 1 aliphatic rings. The molecule has 1 amide bonds. The molecule has 0 radical (unpaired) electrons. The molecule has 0 aromatic carbocycles. The highest BCUT2D eigenvalue weighted by Gasteiger charge is 2.31. The van der Waals surface area contributed by atoms with E-state index in [0.717, 1.165) is 32.1 Å². The first kappa shape index (κ1) is 13.2. The number of likely N-dealkylation sites (N-methyl/N-ethyl adjacent to an activating group) is 1. The van der Waals surface area contributed by atoms with Crippen LogP contribution in [0.5, 0.6) is 0 Å². The molecule has 1 N–H and O–H groups in total. The van der Waals surface area contributed by atoms with Crippen molar-refractivity contribution in [2.75, 3.05) is 13.6 Å². The largest absolute Gasteiger partial charge is 0.333 e. The van der Waals surface area contributed by atoms with Crippen LogP contribution in [0.3, 0.4) is 0 Å². The summed E-state index contributed by atoms with van der Waals surface area (Å²) in [6, 6.07) is -0.119. The number of rotatable bonds is 3. The van der Waals surface area contributed by atoms with Gasteiger partial charge < -0.3 is 15.0 Å². The van der Waals surface area contributed by atoms with E-state index < -0.39 is 5.54 Å². The molecule has 0 bridgehead atoms. The van der Waals surface area contributed by atoms with E-state index in [1.54, 1.807) is 25.8 Å². The number of carbonyl (C=O) groups is 2. The van der Waals surface area contributed by atoms with E-state index >= 15 is 0 Å². The molecule has 0 aromatic rings. The highest BCUT2D eigenvalue weighted by Crippen LogP contribution is 2.15. The van der Waals surface area contributed by atoms with Crippen LogP contribution in [0.2, 0.25) is 0 Å². The molecular formula is C12H22N2O2. The molecule has 1 saturated heterocycles. The minimum atomic E-state index is -0.717. The van der Waals surface area contributed by atoms with Crippen LogP contribution in [0.4, 0.5) is 0 Å². The minimum Gasteiger partial charge on any atom is -0.333 e. The topological polar surface area (TPSA) is 49.4 Å². The third-order valence-electron chi connectivity index (χ3n) is 3.34. The molecule has 4 heteroatoms. The molecule has 1 heterocycles. The normalized spacial score (nSPS) is 22.3. The van der Waals surface area contributed by atoms with E-state index in [4.69, 9.17) is 0 Å². The Kier molecular flexibility index (Phi) is 4.47. The second-order valence-electron chi connectivity index (χ2n) is 5.02. The van der Waals surface area contributed by atoms with Gasteiger partial charge in [-0.2, -0.15) is 0 Å². The molecule has 1 rings (SSSR count). The fourth-order valence-electron chi connectivity index (χ4n) is 1.84. The first-order valence-electron chi connectivity index (χ1n) is 5.96. The molecule has 16 heavy (non-hydrogen) atoms. The van der Waals surface area contributed by atoms with E-state index in [2.05, 4.69) is 5.32 Å². The van der Waals surface area contributed by atoms with Crippen molar-refractivity contribution in [2.24, 2.45) is 0 Å². The van der Waals surface area contributed by atoms with Crippen molar-refractivity contribution in [3.8, 4) is 0 Å². The molecule has 1 unspecified atom stereocenters. The molecule has 1 atom stereocenters. The zero-order valence-corrected chi connectivity index (χ0v) is 10.5. The number of hydrogen-bond donors (Lipinski definition) is 1. The van der Waals surface area contributed by atoms with Crippen molar-refractivity contribution in [2.45, 2.75) is 51.1 Å². The summed E-state index contributed by atoms with van der Waals surface area (Å²) in [5.41, 5.74) is -0.717. The second kappa shape index (κ2) is 5.43. The average Bonchev–Trinajstić information content (AvgIpc) is 2.55. The third kappa shape index (κ3) is 3.04. The summed E-state index contributed by atoms with van der Waals surface area (Å²) in [7, 11) is 1.70. The summed E-state index contributed by atoms with van der Waals surface area (Å²) in [4.78, 5) is 24.6. The van der Waals surface area contributed by atoms with Gasteiger partial charge in [-0.25, -0.2) is 0 Å². The lowest BCUT2D eigenvalue weighted by Gasteiger charge is -2.33. The van der Waals surface area contributed by atoms with Gasteiger partial charge >= 0.3 is 0 Å². The lowest BCUT2D eigenvalue weighted by atomic mass is 10.0. The quantitative estimate of drug-likeness (QED) is 0.729. The Morgan fingerprint density at radius 2 is 2.06 bits per heavy atom. The second-order valence-corrected chi connectivity index (χ2v) is 5.02. The third-order valence-corrected chi connectivity index (χ3v) is 3.34. The van der Waals surface area contributed by atoms with Gasteiger partial charge in [0, 0.05) is 7.05 Å². The summed E-state index contributed by atoms with van der Waals surface area (Å²) >= 11 is 0. The van der Waals surface area contributed by atoms with Crippen molar-refractivity contribution >= 4 is 12.2 Å². The van der Waals surface area contributed by atoms with Gasteiger partial charge in [-0.1, -0.05) is 12.8 Å². The highest BCUT2D eigenvalue weighted by atomic mass is 16.2. The predicted octanol–water partition coefficient (Wildman–Crippen LogP) is 0.954. The fourth-order valence-corrected chi connectivity index (χ4v) is 1.84. The predicted molar refractivity (Wildman–Crippen MR) is 63.2 cm³/mol. The number of aldehydes is 1. The Hall–Kier alpha value is -0.900. The van der Waals surface area contributed by atoms with Crippen LogP contribution in [0, 0.1) is 0 Å². The van der Waals surface area contributed by atoms with Crippen LogP contribution in [0.15, 0.2) is 0 Å². The molecule has 0 aromatic heterocycles. The van der Waals surface area contributed by atoms with Gasteiger partial charge in [0.15, 0.2) is 0 Å². The summed E-state index contributed by atoms with van der Waals surface area (Å²) < 4.78 is 0. The maximum atomic E-state index is 12.2. The minimum absolute atomic E-state index is 0.0269. The van der Waals surface area contributed by atoms with Gasteiger partial charge in [0.25, 0.3) is 0 Å². The number of amides is 1. The highest BCUT2D eigenvalue weighted by molar-refractivity contribution is 5.85. The van der Waals surface area contributed by atoms with Gasteiger partial charge in [0.2, 0.25) is 5.91 Å². The molecule has 0 spiro atoms. The molecule has 92 valence electrons. The Morgan fingerprint density at radius 1 is 1.38 bits per heavy atom. The van der Waals surface area contributed by atoms with Gasteiger partial charge in [0.05, 0.1) is 11.6 Å². The number of hydrogen-bond acceptors (Lipinski definition) is 3. The van der Waals surface area contributed by atoms with Crippen LogP contribution >= 0.6 is 0 Å². The Bertz CT molecular complexity index is 256. The molecule has 1 fully saturated rings. The first-order valence-corrected chi connectivity index (χ1v) is 5.96. The molecule has 4 nitrogen and oxygen atoms in total. The van der Waals surface area contributed by atoms with E-state index in [9.17, 15) is 9.59 Å². The standard InChI is InChI=1S/C12H22N2O2/c1-12(2,9-15)14(3)11(16)10-7-5-4-6-8-13-10/h9-10,13H,4-8H2,1-3H3. The number of nitrogens with zero attached hydrogens (tertiary/aromatic N) is 1. The monoisotopic (exact) mass is 226 g/mol. The molecular weight excluding hydrogens is 204 g/mol. The summed E-state index contributed by atoms with van der Waals surface area (Å²) in [5.74, 6) is 0.0269. The summed E-state index contributed by atoms with van der Waals surface area (Å²) in [5, 5.41) is 3.25. The zero-order valence-electron chi connectivity index (χ0n) is 10.5. The van der Waals surface area contributed by atoms with Gasteiger partial charge in [-0.15, -0.1) is 0 Å². The van der Waals surface area contributed by atoms with Crippen molar-refractivity contribution in [3.05, 3.63) is 0 Å². The van der Waals surface area contributed by atoms with Crippen molar-refractivity contribution in [1.29, 1.82) is 0 Å². The molecule has 0 saturated carbocycles. The maximum Gasteiger partial charge on any atom is 0.240 e. The van der Waals surface area contributed by atoms with Crippen molar-refractivity contribution < 1.29 is 9.59 Å². The lowest BCUT2D eigenvalue weighted by Crippen LogP contribution is -2.53. The Morgan fingerprint density at radius 3 is 2.69 bits per heavy atom. The van der Waals surface area contributed by atoms with Crippen LogP contribution in [-0.2, 0) is 9.59 Å². The van der Waals surface area contributed by atoms with E-state index in [1.165, 1.54) is 6.42 Å². The van der Waals surface area contributed by atoms with E-state index in [-0.39, 0.29) is 11.9 Å². The van der Waals surface area contributed by atoms with Crippen LogP contribution in [0.25, 0.3) is 0 Å². The van der Waals surface area contributed by atoms with Crippen molar-refractivity contribution in [3.63, 3.8) is 0 Å². The zero-order chi connectivity index (χ0) is 12.2. The van der Waals surface area contributed by atoms with Gasteiger partial charge in [-0.05, 0) is 33.2 Å². The average molecular weight is 226 g/mol. The van der Waals surface area contributed by atoms with Crippen LogP contribution < -0.4 is 5.32 Å². The van der Waals surface area contributed by atoms with Crippen LogP contribution in [0.1, 0.15) is 39.5 Å². The summed E-state index contributed by atoms with van der Waals surface area (Å²) in [6.45, 7) is 4.41. The number of carbonyl (C=O) groups excluding carboxylic acids is 2. The lowest BCUT2D eigenvalue weighted by molar-refractivity contribution is -0.140. The molecule has 1 aliphatic heterocycles. The van der Waals surface area contributed by atoms with E-state index in [0.29, 0.717) is 0 Å². The first-order chi connectivity index (χ1) is 7.49. The Balaban J connectivity index is 2.65. The smallest absolute Gasteiger partial charge is 0.240 e. The van der Waals surface area contributed by atoms with Crippen molar-refractivity contribution in [1.82, 2.24) is 10.2 Å². The van der Waals surface area contributed by atoms with Gasteiger partial charge in [-0.3, -0.25) is 4.79 Å². The Labute approximate surface area is 97.4 Å². The van der Waals surface area contributed by atoms with Crippen LogP contribution in [-0.4, -0.2) is 42.3 Å². The van der Waals surface area contributed by atoms with Gasteiger partial charge in [0.1, 0.15) is 6.29 Å².